The van der Waals surface area contributed by atoms with Gasteiger partial charge in [-0.1, -0.05) is 15.9 Å². The molecule has 1 fully saturated rings. The molecular formula is C11H12BrFN2OS. The zero-order valence-corrected chi connectivity index (χ0v) is 11.5. The van der Waals surface area contributed by atoms with Gasteiger partial charge in [0.25, 0.3) is 0 Å². The summed E-state index contributed by atoms with van der Waals surface area (Å²) in [4.78, 5) is 13.3. The molecule has 92 valence electrons. The monoisotopic (exact) mass is 318 g/mol. The summed E-state index contributed by atoms with van der Waals surface area (Å²) in [6.45, 7) is 0.544. The normalized spacial score (nSPS) is 20.1. The number of hydrogen-bond donors (Lipinski definition) is 2. The van der Waals surface area contributed by atoms with E-state index in [9.17, 15) is 9.18 Å². The molecule has 1 saturated heterocycles. The number of amides is 1. The predicted molar refractivity (Wildman–Crippen MR) is 72.8 cm³/mol. The summed E-state index contributed by atoms with van der Waals surface area (Å²) in [6, 6.07) is 2.95. The minimum Gasteiger partial charge on any atom is -0.395 e. The Morgan fingerprint density at radius 2 is 2.29 bits per heavy atom. The number of nitrogens with zero attached hydrogens (tertiary/aromatic N) is 1. The Balaban J connectivity index is 2.38. The van der Waals surface area contributed by atoms with Gasteiger partial charge in [0, 0.05) is 17.4 Å². The maximum absolute atomic E-state index is 13.5. The molecule has 2 rings (SSSR count). The average Bonchev–Trinajstić information content (AvgIpc) is 2.65. The van der Waals surface area contributed by atoms with Gasteiger partial charge in [0.05, 0.1) is 11.4 Å². The fourth-order valence-electron chi connectivity index (χ4n) is 1.93. The molecule has 1 unspecified atom stereocenters. The van der Waals surface area contributed by atoms with Crippen molar-refractivity contribution < 1.29 is 9.18 Å². The van der Waals surface area contributed by atoms with Gasteiger partial charge in [-0.15, -0.1) is 0 Å². The topological polar surface area (TPSA) is 46.3 Å². The smallest absolute Gasteiger partial charge is 0.227 e. The van der Waals surface area contributed by atoms with Crippen molar-refractivity contribution in [3.05, 3.63) is 22.4 Å². The first-order chi connectivity index (χ1) is 8.02. The number of nitrogens with two attached hydrogens (primary N) is 1. The van der Waals surface area contributed by atoms with Crippen LogP contribution in [0.25, 0.3) is 0 Å². The summed E-state index contributed by atoms with van der Waals surface area (Å²) >= 11 is 7.38. The number of hydrogen-bond acceptors (Lipinski definition) is 3. The van der Waals surface area contributed by atoms with E-state index in [0.717, 1.165) is 0 Å². The molecule has 6 heteroatoms. The predicted octanol–water partition coefficient (Wildman–Crippen LogP) is 2.45. The molecule has 0 bridgehead atoms. The number of carbonyl (C=O) groups is 1. The second kappa shape index (κ2) is 4.86. The first kappa shape index (κ1) is 12.7. The summed E-state index contributed by atoms with van der Waals surface area (Å²) < 4.78 is 14.1. The van der Waals surface area contributed by atoms with Crippen molar-refractivity contribution >= 4 is 45.8 Å². The van der Waals surface area contributed by atoms with E-state index in [2.05, 4.69) is 28.6 Å². The Kier molecular flexibility index (Phi) is 3.63. The van der Waals surface area contributed by atoms with Gasteiger partial charge in [0.15, 0.2) is 0 Å². The highest BCUT2D eigenvalue weighted by Crippen LogP contribution is 2.34. The van der Waals surface area contributed by atoms with Gasteiger partial charge >= 0.3 is 0 Å². The molecule has 1 amide bonds. The van der Waals surface area contributed by atoms with Crippen LogP contribution in [0, 0.1) is 11.7 Å². The number of carbonyl (C=O) groups excluding carboxylic acids is 1. The van der Waals surface area contributed by atoms with Crippen LogP contribution in [0.5, 0.6) is 0 Å². The van der Waals surface area contributed by atoms with Crippen LogP contribution in [-0.4, -0.2) is 18.2 Å². The maximum atomic E-state index is 13.5. The van der Waals surface area contributed by atoms with E-state index in [-0.39, 0.29) is 17.5 Å². The molecule has 2 N–H and O–H groups in total. The molecule has 0 spiro atoms. The molecule has 3 nitrogen and oxygen atoms in total. The molecule has 0 aliphatic carbocycles. The molecule has 1 aromatic carbocycles. The second-order valence-corrected chi connectivity index (χ2v) is 5.36. The van der Waals surface area contributed by atoms with Gasteiger partial charge in [0.1, 0.15) is 5.82 Å². The summed E-state index contributed by atoms with van der Waals surface area (Å²) in [6.07, 6.45) is 0.442. The van der Waals surface area contributed by atoms with E-state index < -0.39 is 5.82 Å². The van der Waals surface area contributed by atoms with E-state index in [4.69, 9.17) is 5.73 Å². The zero-order chi connectivity index (χ0) is 12.6. The lowest BCUT2D eigenvalue weighted by atomic mass is 10.1. The van der Waals surface area contributed by atoms with Gasteiger partial charge in [-0.25, -0.2) is 4.39 Å². The van der Waals surface area contributed by atoms with Crippen LogP contribution in [0.2, 0.25) is 0 Å². The number of anilines is 2. The fourth-order valence-corrected chi connectivity index (χ4v) is 2.59. The quantitative estimate of drug-likeness (QED) is 0.650. The van der Waals surface area contributed by atoms with Gasteiger partial charge in [-0.2, -0.15) is 12.6 Å². The molecule has 0 aromatic heterocycles. The lowest BCUT2D eigenvalue weighted by Gasteiger charge is -2.19. The van der Waals surface area contributed by atoms with Crippen LogP contribution in [0.1, 0.15) is 6.42 Å². The Labute approximate surface area is 113 Å². The highest BCUT2D eigenvalue weighted by Gasteiger charge is 2.31. The second-order valence-electron chi connectivity index (χ2n) is 4.08. The Bertz CT molecular complexity index is 469. The van der Waals surface area contributed by atoms with E-state index in [1.54, 1.807) is 6.07 Å². The van der Waals surface area contributed by atoms with E-state index in [1.807, 2.05) is 0 Å². The number of rotatable bonds is 2. The van der Waals surface area contributed by atoms with Gasteiger partial charge in [0.2, 0.25) is 5.91 Å². The van der Waals surface area contributed by atoms with E-state index in [1.165, 1.54) is 11.0 Å². The van der Waals surface area contributed by atoms with E-state index in [0.29, 0.717) is 28.9 Å². The largest absolute Gasteiger partial charge is 0.395 e. The maximum Gasteiger partial charge on any atom is 0.227 e. The van der Waals surface area contributed by atoms with Crippen molar-refractivity contribution in [2.75, 3.05) is 22.9 Å². The number of benzene rings is 1. The molecule has 1 aliphatic rings. The van der Waals surface area contributed by atoms with Crippen LogP contribution >= 0.6 is 28.6 Å². The van der Waals surface area contributed by atoms with Crippen LogP contribution in [0.4, 0.5) is 15.8 Å². The number of thiol groups is 1. The molecule has 17 heavy (non-hydrogen) atoms. The molecule has 0 radical (unpaired) electrons. The van der Waals surface area contributed by atoms with Gasteiger partial charge in [-0.3, -0.25) is 4.79 Å². The summed E-state index contributed by atoms with van der Waals surface area (Å²) in [5.74, 6) is 0.288. The van der Waals surface area contributed by atoms with Gasteiger partial charge < -0.3 is 10.6 Å². The lowest BCUT2D eigenvalue weighted by Crippen LogP contribution is -2.26. The molecule has 1 aromatic rings. The van der Waals surface area contributed by atoms with Crippen molar-refractivity contribution in [1.82, 2.24) is 0 Å². The summed E-state index contributed by atoms with van der Waals surface area (Å²) in [5, 5.41) is 0. The van der Waals surface area contributed by atoms with Crippen molar-refractivity contribution in [2.45, 2.75) is 6.42 Å². The third-order valence-electron chi connectivity index (χ3n) is 2.83. The van der Waals surface area contributed by atoms with E-state index >= 15 is 0 Å². The molecular weight excluding hydrogens is 307 g/mol. The Morgan fingerprint density at radius 1 is 1.59 bits per heavy atom. The standard InChI is InChI=1S/C11H12BrFN2OS/c12-7-2-8(13)11(14)9(3-7)15-4-6(5-17)1-10(15)16/h2-3,6,17H,1,4-5,14H2. The third-order valence-corrected chi connectivity index (χ3v) is 3.80. The first-order valence-corrected chi connectivity index (χ1v) is 6.61. The molecule has 0 saturated carbocycles. The number of nitrogen functional groups attached to an aromatic ring is 1. The van der Waals surface area contributed by atoms with Gasteiger partial charge in [-0.05, 0) is 23.8 Å². The SMILES string of the molecule is Nc1c(F)cc(Br)cc1N1CC(CS)CC1=O. The number of halogens is 2. The molecule has 1 aliphatic heterocycles. The van der Waals surface area contributed by atoms with Crippen LogP contribution in [0.3, 0.4) is 0 Å². The Morgan fingerprint density at radius 3 is 2.88 bits per heavy atom. The minimum absolute atomic E-state index is 0.0152. The van der Waals surface area contributed by atoms with Crippen molar-refractivity contribution in [3.63, 3.8) is 0 Å². The molecule has 1 atom stereocenters. The summed E-state index contributed by atoms with van der Waals surface area (Å²) in [7, 11) is 0. The van der Waals surface area contributed by atoms with Crippen LogP contribution < -0.4 is 10.6 Å². The lowest BCUT2D eigenvalue weighted by molar-refractivity contribution is -0.117. The summed E-state index contributed by atoms with van der Waals surface area (Å²) in [5.41, 5.74) is 6.12. The third kappa shape index (κ3) is 2.42. The Hall–Kier alpha value is -0.750. The van der Waals surface area contributed by atoms with Crippen molar-refractivity contribution in [2.24, 2.45) is 5.92 Å². The minimum atomic E-state index is -0.517. The highest BCUT2D eigenvalue weighted by molar-refractivity contribution is 9.10. The zero-order valence-electron chi connectivity index (χ0n) is 8.99. The van der Waals surface area contributed by atoms with Crippen molar-refractivity contribution in [1.29, 1.82) is 0 Å². The first-order valence-electron chi connectivity index (χ1n) is 5.18. The highest BCUT2D eigenvalue weighted by atomic mass is 79.9. The fraction of sp³-hybridized carbons (Fsp3) is 0.364. The average molecular weight is 319 g/mol. The van der Waals surface area contributed by atoms with Crippen LogP contribution in [-0.2, 0) is 4.79 Å². The van der Waals surface area contributed by atoms with Crippen LogP contribution in [0.15, 0.2) is 16.6 Å². The van der Waals surface area contributed by atoms with Crippen molar-refractivity contribution in [3.8, 4) is 0 Å². The molecule has 1 heterocycles.